The molecule has 0 radical (unpaired) electrons. The first-order valence-electron chi connectivity index (χ1n) is 6.06. The first kappa shape index (κ1) is 12.3. The minimum absolute atomic E-state index is 0.466. The molecule has 0 bridgehead atoms. The van der Waals surface area contributed by atoms with Crippen LogP contribution in [0.1, 0.15) is 45.7 Å². The lowest BCUT2D eigenvalue weighted by Crippen LogP contribution is -2.17. The zero-order chi connectivity index (χ0) is 11.3. The summed E-state index contributed by atoms with van der Waals surface area (Å²) in [6.45, 7) is 11.1. The summed E-state index contributed by atoms with van der Waals surface area (Å²) in [5.74, 6) is 0.764. The van der Waals surface area contributed by atoms with E-state index in [1.54, 1.807) is 0 Å². The second-order valence-corrected chi connectivity index (χ2v) is 4.43. The van der Waals surface area contributed by atoms with E-state index in [-0.39, 0.29) is 0 Å². The Hall–Kier alpha value is -0.760. The molecule has 0 aromatic carbocycles. The van der Waals surface area contributed by atoms with Crippen molar-refractivity contribution in [1.29, 1.82) is 0 Å². The lowest BCUT2D eigenvalue weighted by Gasteiger charge is -2.11. The zero-order valence-electron chi connectivity index (χ0n) is 10.5. The molecule has 0 amide bonds. The zero-order valence-corrected chi connectivity index (χ0v) is 10.5. The fourth-order valence-electron chi connectivity index (χ4n) is 1.74. The van der Waals surface area contributed by atoms with Crippen LogP contribution in [-0.4, -0.2) is 11.1 Å². The van der Waals surface area contributed by atoms with E-state index in [9.17, 15) is 0 Å². The van der Waals surface area contributed by atoms with Crippen molar-refractivity contribution in [2.24, 2.45) is 5.92 Å². The van der Waals surface area contributed by atoms with Crippen LogP contribution in [0.15, 0.2) is 18.5 Å². The van der Waals surface area contributed by atoms with Gasteiger partial charge < -0.3 is 9.88 Å². The second kappa shape index (κ2) is 5.96. The molecule has 2 atom stereocenters. The van der Waals surface area contributed by atoms with E-state index in [0.29, 0.717) is 6.04 Å². The molecule has 0 spiro atoms. The summed E-state index contributed by atoms with van der Waals surface area (Å²) in [4.78, 5) is 0. The minimum atomic E-state index is 0.466. The summed E-state index contributed by atoms with van der Waals surface area (Å²) in [5, 5.41) is 3.43. The molecule has 1 N–H and O–H groups in total. The van der Waals surface area contributed by atoms with Gasteiger partial charge in [-0.15, -0.1) is 0 Å². The van der Waals surface area contributed by atoms with Crippen LogP contribution in [0.25, 0.3) is 0 Å². The number of nitrogens with one attached hydrogen (secondary N) is 1. The maximum absolute atomic E-state index is 3.43. The van der Waals surface area contributed by atoms with Crippen molar-refractivity contribution in [3.8, 4) is 0 Å². The number of hydrogen-bond acceptors (Lipinski definition) is 1. The summed E-state index contributed by atoms with van der Waals surface area (Å²) in [5.41, 5.74) is 1.39. The maximum atomic E-state index is 3.43. The molecule has 0 saturated heterocycles. The smallest absolute Gasteiger partial charge is 0.0306 e. The standard InChI is InChI=1S/C13H24N2/c1-5-11(3)9-15-8-7-13(10-15)12(4)14-6-2/h7-8,10-12,14H,5-6,9H2,1-4H3. The third kappa shape index (κ3) is 3.71. The number of rotatable bonds is 6. The van der Waals surface area contributed by atoms with Crippen molar-refractivity contribution in [2.45, 2.75) is 46.7 Å². The molecule has 0 saturated carbocycles. The van der Waals surface area contributed by atoms with Gasteiger partial charge in [0.15, 0.2) is 0 Å². The average molecular weight is 208 g/mol. The first-order valence-corrected chi connectivity index (χ1v) is 6.06. The second-order valence-electron chi connectivity index (χ2n) is 4.43. The van der Waals surface area contributed by atoms with Gasteiger partial charge in [0.05, 0.1) is 0 Å². The average Bonchev–Trinajstić information content (AvgIpc) is 2.66. The molecule has 0 aliphatic carbocycles. The number of hydrogen-bond donors (Lipinski definition) is 1. The van der Waals surface area contributed by atoms with Crippen molar-refractivity contribution in [2.75, 3.05) is 6.54 Å². The highest BCUT2D eigenvalue weighted by molar-refractivity contribution is 5.14. The third-order valence-electron chi connectivity index (χ3n) is 3.00. The Labute approximate surface area is 93.7 Å². The predicted molar refractivity (Wildman–Crippen MR) is 66.0 cm³/mol. The van der Waals surface area contributed by atoms with Crippen molar-refractivity contribution >= 4 is 0 Å². The Morgan fingerprint density at radius 1 is 1.33 bits per heavy atom. The van der Waals surface area contributed by atoms with Crippen molar-refractivity contribution in [3.05, 3.63) is 24.0 Å². The Kier molecular flexibility index (Phi) is 4.89. The summed E-state index contributed by atoms with van der Waals surface area (Å²) < 4.78 is 2.30. The SMILES string of the molecule is CCNC(C)c1ccn(CC(C)CC)c1. The fourth-order valence-corrected chi connectivity index (χ4v) is 1.74. The normalized spacial score (nSPS) is 15.2. The summed E-state index contributed by atoms with van der Waals surface area (Å²) in [7, 11) is 0. The topological polar surface area (TPSA) is 17.0 Å². The third-order valence-corrected chi connectivity index (χ3v) is 3.00. The molecule has 2 heteroatoms. The minimum Gasteiger partial charge on any atom is -0.354 e. The van der Waals surface area contributed by atoms with Gasteiger partial charge in [0, 0.05) is 25.0 Å². The van der Waals surface area contributed by atoms with E-state index >= 15 is 0 Å². The highest BCUT2D eigenvalue weighted by atomic mass is 15.0. The van der Waals surface area contributed by atoms with Gasteiger partial charge in [0.1, 0.15) is 0 Å². The maximum Gasteiger partial charge on any atom is 0.0306 e. The van der Waals surface area contributed by atoms with E-state index in [2.05, 4.69) is 56.0 Å². The Bertz CT molecular complexity index is 278. The van der Waals surface area contributed by atoms with Crippen LogP contribution in [0, 0.1) is 5.92 Å². The first-order chi connectivity index (χ1) is 7.17. The number of nitrogens with zero attached hydrogens (tertiary/aromatic N) is 1. The molecule has 86 valence electrons. The number of aromatic nitrogens is 1. The predicted octanol–water partition coefficient (Wildman–Crippen LogP) is 3.20. The quantitative estimate of drug-likeness (QED) is 0.759. The molecule has 0 aliphatic heterocycles. The van der Waals surface area contributed by atoms with Crippen molar-refractivity contribution in [3.63, 3.8) is 0 Å². The summed E-state index contributed by atoms with van der Waals surface area (Å²) >= 11 is 0. The van der Waals surface area contributed by atoms with Gasteiger partial charge in [-0.05, 0) is 31.0 Å². The Morgan fingerprint density at radius 3 is 2.67 bits per heavy atom. The summed E-state index contributed by atoms with van der Waals surface area (Å²) in [6, 6.07) is 2.68. The van der Waals surface area contributed by atoms with E-state index < -0.39 is 0 Å². The van der Waals surface area contributed by atoms with Crippen LogP contribution in [0.2, 0.25) is 0 Å². The molecule has 0 aliphatic rings. The van der Waals surface area contributed by atoms with Crippen LogP contribution >= 0.6 is 0 Å². The van der Waals surface area contributed by atoms with Gasteiger partial charge in [0.25, 0.3) is 0 Å². The molecular weight excluding hydrogens is 184 g/mol. The molecule has 15 heavy (non-hydrogen) atoms. The van der Waals surface area contributed by atoms with E-state index in [0.717, 1.165) is 19.0 Å². The van der Waals surface area contributed by atoms with Crippen LogP contribution in [-0.2, 0) is 6.54 Å². The highest BCUT2D eigenvalue weighted by Gasteiger charge is 2.06. The van der Waals surface area contributed by atoms with Gasteiger partial charge in [-0.2, -0.15) is 0 Å². The molecule has 2 nitrogen and oxygen atoms in total. The Balaban J connectivity index is 2.55. The molecule has 1 rings (SSSR count). The lowest BCUT2D eigenvalue weighted by atomic mass is 10.1. The molecule has 0 fully saturated rings. The van der Waals surface area contributed by atoms with E-state index in [4.69, 9.17) is 0 Å². The van der Waals surface area contributed by atoms with Crippen molar-refractivity contribution < 1.29 is 0 Å². The van der Waals surface area contributed by atoms with Crippen LogP contribution in [0.4, 0.5) is 0 Å². The van der Waals surface area contributed by atoms with E-state index in [1.807, 2.05) is 0 Å². The van der Waals surface area contributed by atoms with E-state index in [1.165, 1.54) is 12.0 Å². The lowest BCUT2D eigenvalue weighted by molar-refractivity contribution is 0.468. The molecule has 2 unspecified atom stereocenters. The van der Waals surface area contributed by atoms with Gasteiger partial charge in [0.2, 0.25) is 0 Å². The molecule has 1 heterocycles. The molecular formula is C13H24N2. The summed E-state index contributed by atoms with van der Waals surface area (Å²) in [6.07, 6.45) is 5.70. The van der Waals surface area contributed by atoms with Crippen molar-refractivity contribution in [1.82, 2.24) is 9.88 Å². The molecule has 1 aromatic rings. The van der Waals surface area contributed by atoms with Gasteiger partial charge in [-0.1, -0.05) is 27.2 Å². The highest BCUT2D eigenvalue weighted by Crippen LogP contribution is 2.14. The van der Waals surface area contributed by atoms with Gasteiger partial charge >= 0.3 is 0 Å². The molecule has 1 aromatic heterocycles. The van der Waals surface area contributed by atoms with Crippen LogP contribution < -0.4 is 5.32 Å². The van der Waals surface area contributed by atoms with Crippen LogP contribution in [0.5, 0.6) is 0 Å². The van der Waals surface area contributed by atoms with Gasteiger partial charge in [-0.3, -0.25) is 0 Å². The Morgan fingerprint density at radius 2 is 2.07 bits per heavy atom. The monoisotopic (exact) mass is 208 g/mol. The van der Waals surface area contributed by atoms with Gasteiger partial charge in [-0.25, -0.2) is 0 Å². The van der Waals surface area contributed by atoms with Crippen LogP contribution in [0.3, 0.4) is 0 Å². The fraction of sp³-hybridized carbons (Fsp3) is 0.692. The largest absolute Gasteiger partial charge is 0.354 e.